The molecule has 2 aromatic rings. The van der Waals surface area contributed by atoms with E-state index in [0.717, 1.165) is 0 Å². The average molecular weight is 301 g/mol. The van der Waals surface area contributed by atoms with Crippen molar-refractivity contribution in [2.75, 3.05) is 17.2 Å². The zero-order valence-corrected chi connectivity index (χ0v) is 11.8. The molecule has 2 aromatic carbocycles. The molecule has 4 N–H and O–H groups in total. The van der Waals surface area contributed by atoms with Crippen molar-refractivity contribution < 1.29 is 14.0 Å². The molecule has 0 aliphatic rings. The largest absolute Gasteiger partial charge is 0.330 e. The third kappa shape index (κ3) is 3.89. The van der Waals surface area contributed by atoms with Crippen LogP contribution < -0.4 is 16.4 Å². The lowest BCUT2D eigenvalue weighted by atomic mass is 10.2. The molecule has 0 bridgehead atoms. The van der Waals surface area contributed by atoms with E-state index >= 15 is 0 Å². The Morgan fingerprint density at radius 2 is 1.55 bits per heavy atom. The van der Waals surface area contributed by atoms with Crippen molar-refractivity contribution in [3.63, 3.8) is 0 Å². The van der Waals surface area contributed by atoms with Gasteiger partial charge in [-0.15, -0.1) is 0 Å². The van der Waals surface area contributed by atoms with Crippen molar-refractivity contribution in [1.29, 1.82) is 0 Å². The van der Waals surface area contributed by atoms with E-state index in [1.807, 2.05) is 0 Å². The van der Waals surface area contributed by atoms with Crippen LogP contribution in [0.2, 0.25) is 0 Å². The van der Waals surface area contributed by atoms with E-state index in [-0.39, 0.29) is 24.4 Å². The first-order valence-electron chi connectivity index (χ1n) is 6.76. The highest BCUT2D eigenvalue weighted by Gasteiger charge is 2.13. The molecule has 0 spiro atoms. The Kier molecular flexibility index (Phi) is 5.21. The Morgan fingerprint density at radius 1 is 0.955 bits per heavy atom. The number of carbonyl (C=O) groups is 2. The molecular weight excluding hydrogens is 285 g/mol. The van der Waals surface area contributed by atoms with Crippen molar-refractivity contribution >= 4 is 23.2 Å². The highest BCUT2D eigenvalue weighted by Crippen LogP contribution is 2.22. The van der Waals surface area contributed by atoms with Gasteiger partial charge in [-0.3, -0.25) is 9.59 Å². The number of anilines is 2. The van der Waals surface area contributed by atoms with E-state index in [2.05, 4.69) is 10.6 Å². The molecule has 114 valence electrons. The van der Waals surface area contributed by atoms with Gasteiger partial charge in [0.2, 0.25) is 5.91 Å². The number of halogens is 1. The van der Waals surface area contributed by atoms with E-state index in [9.17, 15) is 14.0 Å². The fraction of sp³-hybridized carbons (Fsp3) is 0.125. The maximum atomic E-state index is 13.6. The van der Waals surface area contributed by atoms with Crippen LogP contribution in [-0.4, -0.2) is 18.4 Å². The highest BCUT2D eigenvalue weighted by molar-refractivity contribution is 6.07. The zero-order valence-electron chi connectivity index (χ0n) is 11.8. The van der Waals surface area contributed by atoms with Crippen LogP contribution in [0.25, 0.3) is 0 Å². The van der Waals surface area contributed by atoms with Crippen LogP contribution in [0.1, 0.15) is 16.8 Å². The Hall–Kier alpha value is -2.73. The minimum Gasteiger partial charge on any atom is -0.330 e. The quantitative estimate of drug-likeness (QED) is 0.792. The Morgan fingerprint density at radius 3 is 2.18 bits per heavy atom. The first-order chi connectivity index (χ1) is 10.6. The van der Waals surface area contributed by atoms with Crippen molar-refractivity contribution in [3.8, 4) is 0 Å². The molecule has 22 heavy (non-hydrogen) atoms. The molecule has 0 aliphatic carbocycles. The summed E-state index contributed by atoms with van der Waals surface area (Å²) < 4.78 is 13.6. The second-order valence-corrected chi connectivity index (χ2v) is 4.57. The maximum Gasteiger partial charge on any atom is 0.258 e. The van der Waals surface area contributed by atoms with Gasteiger partial charge < -0.3 is 16.4 Å². The molecular formula is C16H16FN3O2. The predicted octanol–water partition coefficient (Wildman–Crippen LogP) is 2.37. The summed E-state index contributed by atoms with van der Waals surface area (Å²) in [4.78, 5) is 23.7. The van der Waals surface area contributed by atoms with Gasteiger partial charge in [-0.1, -0.05) is 24.3 Å². The first kappa shape index (κ1) is 15.7. The second kappa shape index (κ2) is 7.33. The van der Waals surface area contributed by atoms with E-state index in [1.165, 1.54) is 18.2 Å². The number of para-hydroxylation sites is 2. The summed E-state index contributed by atoms with van der Waals surface area (Å²) in [5, 5.41) is 5.25. The van der Waals surface area contributed by atoms with Gasteiger partial charge in [0.25, 0.3) is 5.91 Å². The first-order valence-corrected chi connectivity index (χ1v) is 6.76. The van der Waals surface area contributed by atoms with Gasteiger partial charge in [0.1, 0.15) is 5.82 Å². The van der Waals surface area contributed by atoms with Gasteiger partial charge in [0.05, 0.1) is 16.9 Å². The average Bonchev–Trinajstić information content (AvgIpc) is 2.50. The van der Waals surface area contributed by atoms with Gasteiger partial charge in [-0.05, 0) is 24.3 Å². The van der Waals surface area contributed by atoms with Gasteiger partial charge in [-0.2, -0.15) is 0 Å². The van der Waals surface area contributed by atoms with Crippen LogP contribution >= 0.6 is 0 Å². The number of benzene rings is 2. The van der Waals surface area contributed by atoms with Crippen molar-refractivity contribution in [1.82, 2.24) is 0 Å². The summed E-state index contributed by atoms with van der Waals surface area (Å²) >= 11 is 0. The number of rotatable bonds is 5. The number of amides is 2. The Bertz CT molecular complexity index is 689. The Balaban J connectivity index is 2.18. The molecule has 0 heterocycles. The second-order valence-electron chi connectivity index (χ2n) is 4.57. The fourth-order valence-corrected chi connectivity index (χ4v) is 1.88. The standard InChI is InChI=1S/C16H16FN3O2/c17-12-6-2-1-5-11(12)16(22)20-14-8-4-3-7-13(14)19-15(21)9-10-18/h1-8H,9-10,18H2,(H,19,21)(H,20,22). The van der Waals surface area contributed by atoms with Gasteiger partial charge in [0, 0.05) is 13.0 Å². The van der Waals surface area contributed by atoms with Crippen LogP contribution in [0.15, 0.2) is 48.5 Å². The molecule has 0 saturated heterocycles. The van der Waals surface area contributed by atoms with E-state index in [4.69, 9.17) is 5.73 Å². The SMILES string of the molecule is NCCC(=O)Nc1ccccc1NC(=O)c1ccccc1F. The molecule has 0 atom stereocenters. The molecule has 0 unspecified atom stereocenters. The summed E-state index contributed by atoms with van der Waals surface area (Å²) in [5.41, 5.74) is 6.08. The molecule has 0 fully saturated rings. The molecule has 6 heteroatoms. The van der Waals surface area contributed by atoms with Crippen LogP contribution in [0, 0.1) is 5.82 Å². The lowest BCUT2D eigenvalue weighted by molar-refractivity contribution is -0.116. The van der Waals surface area contributed by atoms with Crippen molar-refractivity contribution in [2.24, 2.45) is 5.73 Å². The van der Waals surface area contributed by atoms with E-state index < -0.39 is 11.7 Å². The van der Waals surface area contributed by atoms with Crippen molar-refractivity contribution in [3.05, 3.63) is 59.9 Å². The summed E-state index contributed by atoms with van der Waals surface area (Å²) in [6, 6.07) is 12.4. The molecule has 0 saturated carbocycles. The lowest BCUT2D eigenvalue weighted by Crippen LogP contribution is -2.19. The smallest absolute Gasteiger partial charge is 0.258 e. The molecule has 0 radical (unpaired) electrons. The monoisotopic (exact) mass is 301 g/mol. The minimum absolute atomic E-state index is 0.0643. The Labute approximate surface area is 127 Å². The van der Waals surface area contributed by atoms with Gasteiger partial charge in [-0.25, -0.2) is 4.39 Å². The summed E-state index contributed by atoms with van der Waals surface area (Å²) in [7, 11) is 0. The zero-order chi connectivity index (χ0) is 15.9. The summed E-state index contributed by atoms with van der Waals surface area (Å²) in [6.45, 7) is 0.232. The predicted molar refractivity (Wildman–Crippen MR) is 83.1 cm³/mol. The molecule has 0 aliphatic heterocycles. The summed E-state index contributed by atoms with van der Waals surface area (Å²) in [5.74, 6) is -1.45. The molecule has 2 rings (SSSR count). The van der Waals surface area contributed by atoms with Crippen LogP contribution in [-0.2, 0) is 4.79 Å². The van der Waals surface area contributed by atoms with E-state index in [1.54, 1.807) is 30.3 Å². The minimum atomic E-state index is -0.607. The lowest BCUT2D eigenvalue weighted by Gasteiger charge is -2.12. The maximum absolute atomic E-state index is 13.6. The van der Waals surface area contributed by atoms with Crippen molar-refractivity contribution in [2.45, 2.75) is 6.42 Å². The van der Waals surface area contributed by atoms with E-state index in [0.29, 0.717) is 11.4 Å². The van der Waals surface area contributed by atoms with Crippen LogP contribution in [0.3, 0.4) is 0 Å². The molecule has 0 aromatic heterocycles. The van der Waals surface area contributed by atoms with Gasteiger partial charge in [0.15, 0.2) is 0 Å². The molecule has 2 amide bonds. The highest BCUT2D eigenvalue weighted by atomic mass is 19.1. The molecule has 5 nitrogen and oxygen atoms in total. The fourth-order valence-electron chi connectivity index (χ4n) is 1.88. The number of hydrogen-bond donors (Lipinski definition) is 3. The number of nitrogens with two attached hydrogens (primary N) is 1. The normalized spacial score (nSPS) is 10.1. The van der Waals surface area contributed by atoms with Crippen LogP contribution in [0.4, 0.5) is 15.8 Å². The van der Waals surface area contributed by atoms with Gasteiger partial charge >= 0.3 is 0 Å². The third-order valence-corrected chi connectivity index (χ3v) is 2.94. The summed E-state index contributed by atoms with van der Waals surface area (Å²) in [6.07, 6.45) is 0.176. The third-order valence-electron chi connectivity index (χ3n) is 2.94. The van der Waals surface area contributed by atoms with Crippen LogP contribution in [0.5, 0.6) is 0 Å². The number of carbonyl (C=O) groups excluding carboxylic acids is 2. The number of nitrogens with one attached hydrogen (secondary N) is 2. The topological polar surface area (TPSA) is 84.2 Å². The number of hydrogen-bond acceptors (Lipinski definition) is 3.